The number of hydrogen-bond acceptors (Lipinski definition) is 2. The molecule has 2 nitrogen and oxygen atoms in total. The van der Waals surface area contributed by atoms with Gasteiger partial charge in [-0.05, 0) is 36.4 Å². The van der Waals surface area contributed by atoms with E-state index >= 15 is 0 Å². The van der Waals surface area contributed by atoms with Crippen molar-refractivity contribution < 1.29 is 26.3 Å². The van der Waals surface area contributed by atoms with Crippen LogP contribution in [0.15, 0.2) is 60.7 Å². The molecule has 0 aliphatic carbocycles. The number of aromatic nitrogens is 1. The summed E-state index contributed by atoms with van der Waals surface area (Å²) >= 11 is 0. The van der Waals surface area contributed by atoms with Gasteiger partial charge >= 0.3 is 12.4 Å². The number of nitrogens with zero attached hydrogens (tertiary/aromatic N) is 1. The summed E-state index contributed by atoms with van der Waals surface area (Å²) in [7, 11) is 0. The van der Waals surface area contributed by atoms with Crippen LogP contribution in [0.2, 0.25) is 0 Å². The number of pyridine rings is 1. The highest BCUT2D eigenvalue weighted by atomic mass is 19.4. The van der Waals surface area contributed by atoms with E-state index in [9.17, 15) is 26.3 Å². The third-order valence-corrected chi connectivity index (χ3v) is 3.86. The lowest BCUT2D eigenvalue weighted by Gasteiger charge is -2.11. The highest BCUT2D eigenvalue weighted by Crippen LogP contribution is 2.33. The molecule has 0 unspecified atom stereocenters. The summed E-state index contributed by atoms with van der Waals surface area (Å²) in [5.41, 5.74) is 5.98. The number of nitrogens with two attached hydrogens (primary N) is 1. The van der Waals surface area contributed by atoms with Gasteiger partial charge in [0.2, 0.25) is 0 Å². The lowest BCUT2D eigenvalue weighted by atomic mass is 10.0. The van der Waals surface area contributed by atoms with Gasteiger partial charge in [0.05, 0.1) is 22.5 Å². The summed E-state index contributed by atoms with van der Waals surface area (Å²) in [5.74, 6) is 0. The summed E-state index contributed by atoms with van der Waals surface area (Å²) in [6, 6.07) is 11.7. The molecule has 0 aliphatic heterocycles. The summed E-state index contributed by atoms with van der Waals surface area (Å²) in [4.78, 5) is 4.32. The highest BCUT2D eigenvalue weighted by molar-refractivity contribution is 5.71. The Kier molecular flexibility index (Phi) is 4.59. The second-order valence-corrected chi connectivity index (χ2v) is 5.82. The molecule has 0 aliphatic rings. The van der Waals surface area contributed by atoms with Crippen molar-refractivity contribution in [3.63, 3.8) is 0 Å². The maximum absolute atomic E-state index is 12.7. The number of benzene rings is 2. The molecule has 0 bridgehead atoms. The third-order valence-electron chi connectivity index (χ3n) is 3.86. The molecule has 2 aromatic carbocycles. The van der Waals surface area contributed by atoms with Crippen LogP contribution in [-0.2, 0) is 12.4 Å². The van der Waals surface area contributed by atoms with E-state index in [2.05, 4.69) is 4.98 Å². The van der Waals surface area contributed by atoms with E-state index in [1.54, 1.807) is 0 Å². The SMILES string of the molecule is Nc1cc(-c2ccc(C(F)(F)F)cc2)nc(-c2ccc(C(F)(F)F)cc2)c1. The van der Waals surface area contributed by atoms with Crippen molar-refractivity contribution in [3.8, 4) is 22.5 Å². The maximum Gasteiger partial charge on any atom is 0.416 e. The molecule has 0 saturated carbocycles. The molecule has 3 rings (SSSR count). The van der Waals surface area contributed by atoms with Crippen LogP contribution >= 0.6 is 0 Å². The van der Waals surface area contributed by atoms with Crippen LogP contribution in [0.4, 0.5) is 32.0 Å². The fraction of sp³-hybridized carbons (Fsp3) is 0.105. The summed E-state index contributed by atoms with van der Waals surface area (Å²) < 4.78 is 76.0. The van der Waals surface area contributed by atoms with Crippen molar-refractivity contribution in [1.29, 1.82) is 0 Å². The van der Waals surface area contributed by atoms with Crippen LogP contribution in [0.5, 0.6) is 0 Å². The van der Waals surface area contributed by atoms with Gasteiger partial charge in [-0.15, -0.1) is 0 Å². The lowest BCUT2D eigenvalue weighted by Crippen LogP contribution is -2.04. The molecule has 1 heterocycles. The van der Waals surface area contributed by atoms with Crippen LogP contribution < -0.4 is 5.73 Å². The largest absolute Gasteiger partial charge is 0.416 e. The zero-order valence-electron chi connectivity index (χ0n) is 13.6. The van der Waals surface area contributed by atoms with Gasteiger partial charge in [-0.2, -0.15) is 26.3 Å². The number of hydrogen-bond donors (Lipinski definition) is 1. The first kappa shape index (κ1) is 18.8. The summed E-state index contributed by atoms with van der Waals surface area (Å²) in [5, 5.41) is 0. The molecular weight excluding hydrogens is 370 g/mol. The molecule has 0 amide bonds. The van der Waals surface area contributed by atoms with Crippen molar-refractivity contribution >= 4 is 5.69 Å². The minimum Gasteiger partial charge on any atom is -0.399 e. The molecule has 8 heteroatoms. The number of alkyl halides is 6. The molecule has 0 fully saturated rings. The van der Waals surface area contributed by atoms with Gasteiger partial charge in [0.1, 0.15) is 0 Å². The zero-order valence-corrected chi connectivity index (χ0v) is 13.6. The molecule has 0 spiro atoms. The first-order valence-electron chi connectivity index (χ1n) is 7.67. The Morgan fingerprint density at radius 3 is 1.22 bits per heavy atom. The third kappa shape index (κ3) is 4.21. The van der Waals surface area contributed by atoms with Crippen molar-refractivity contribution in [3.05, 3.63) is 71.8 Å². The molecule has 0 radical (unpaired) electrons. The molecule has 1 aromatic heterocycles. The smallest absolute Gasteiger partial charge is 0.399 e. The predicted octanol–water partition coefficient (Wildman–Crippen LogP) is 6.04. The van der Waals surface area contributed by atoms with Crippen molar-refractivity contribution in [2.45, 2.75) is 12.4 Å². The van der Waals surface area contributed by atoms with Gasteiger partial charge in [0.15, 0.2) is 0 Å². The van der Waals surface area contributed by atoms with E-state index in [1.807, 2.05) is 0 Å². The van der Waals surface area contributed by atoms with E-state index in [1.165, 1.54) is 36.4 Å². The maximum atomic E-state index is 12.7. The Morgan fingerprint density at radius 1 is 0.593 bits per heavy atom. The quantitative estimate of drug-likeness (QED) is 0.549. The Bertz CT molecular complexity index is 866. The number of nitrogen functional groups attached to an aromatic ring is 1. The van der Waals surface area contributed by atoms with Crippen LogP contribution in [0.3, 0.4) is 0 Å². The van der Waals surface area contributed by atoms with Crippen LogP contribution in [0.25, 0.3) is 22.5 Å². The van der Waals surface area contributed by atoms with Gasteiger partial charge in [0.25, 0.3) is 0 Å². The minimum absolute atomic E-state index is 0.287. The predicted molar refractivity (Wildman–Crippen MR) is 89.5 cm³/mol. The molecule has 0 saturated heterocycles. The van der Waals surface area contributed by atoms with Crippen LogP contribution in [-0.4, -0.2) is 4.98 Å². The first-order chi connectivity index (χ1) is 12.5. The van der Waals surface area contributed by atoms with Gasteiger partial charge in [-0.3, -0.25) is 0 Å². The van der Waals surface area contributed by atoms with Gasteiger partial charge in [-0.1, -0.05) is 24.3 Å². The minimum atomic E-state index is -4.45. The highest BCUT2D eigenvalue weighted by Gasteiger charge is 2.30. The molecule has 27 heavy (non-hydrogen) atoms. The second kappa shape index (κ2) is 6.61. The molecule has 2 N–H and O–H groups in total. The first-order valence-corrected chi connectivity index (χ1v) is 7.67. The lowest BCUT2D eigenvalue weighted by molar-refractivity contribution is -0.138. The Morgan fingerprint density at radius 2 is 0.926 bits per heavy atom. The standard InChI is InChI=1S/C19H12F6N2/c20-18(21,22)13-5-1-11(2-6-13)16-9-15(26)10-17(27-16)12-3-7-14(8-4-12)19(23,24)25/h1-10H,(H2,26,27). The Labute approximate surface area is 150 Å². The van der Waals surface area contributed by atoms with E-state index in [4.69, 9.17) is 5.73 Å². The number of rotatable bonds is 2. The monoisotopic (exact) mass is 382 g/mol. The van der Waals surface area contributed by atoms with Gasteiger partial charge < -0.3 is 5.73 Å². The van der Waals surface area contributed by atoms with Gasteiger partial charge in [-0.25, -0.2) is 4.98 Å². The van der Waals surface area contributed by atoms with Gasteiger partial charge in [0, 0.05) is 16.8 Å². The molecule has 3 aromatic rings. The molecule has 140 valence electrons. The van der Waals surface area contributed by atoms with Crippen molar-refractivity contribution in [2.24, 2.45) is 0 Å². The second-order valence-electron chi connectivity index (χ2n) is 5.82. The average molecular weight is 382 g/mol. The molecular formula is C19H12F6N2. The topological polar surface area (TPSA) is 38.9 Å². The Hall–Kier alpha value is -3.03. The Balaban J connectivity index is 1.97. The van der Waals surface area contributed by atoms with Crippen LogP contribution in [0, 0.1) is 0 Å². The number of halogens is 6. The summed E-state index contributed by atoms with van der Waals surface area (Å²) in [6.07, 6.45) is -8.90. The van der Waals surface area contributed by atoms with Crippen LogP contribution in [0.1, 0.15) is 11.1 Å². The molecule has 0 atom stereocenters. The van der Waals surface area contributed by atoms with Crippen molar-refractivity contribution in [1.82, 2.24) is 4.98 Å². The van der Waals surface area contributed by atoms with E-state index in [0.717, 1.165) is 24.3 Å². The van der Waals surface area contributed by atoms with Crippen molar-refractivity contribution in [2.75, 3.05) is 5.73 Å². The normalized spacial score (nSPS) is 12.2. The van der Waals surface area contributed by atoms with E-state index in [0.29, 0.717) is 22.5 Å². The number of anilines is 1. The van der Waals surface area contributed by atoms with E-state index in [-0.39, 0.29) is 5.69 Å². The fourth-order valence-electron chi connectivity index (χ4n) is 2.51. The zero-order chi connectivity index (χ0) is 19.8. The van der Waals surface area contributed by atoms with E-state index < -0.39 is 23.5 Å². The fourth-order valence-corrected chi connectivity index (χ4v) is 2.51. The summed E-state index contributed by atoms with van der Waals surface area (Å²) in [6.45, 7) is 0. The average Bonchev–Trinajstić information content (AvgIpc) is 2.60.